The van der Waals surface area contributed by atoms with Gasteiger partial charge in [-0.05, 0) is 51.0 Å². The fraction of sp³-hybridized carbons (Fsp3) is 0.409. The summed E-state index contributed by atoms with van der Waals surface area (Å²) in [6.45, 7) is 7.60. The van der Waals surface area contributed by atoms with Gasteiger partial charge in [-0.3, -0.25) is 14.9 Å². The van der Waals surface area contributed by atoms with Gasteiger partial charge in [0.2, 0.25) is 12.7 Å². The summed E-state index contributed by atoms with van der Waals surface area (Å²) in [5.74, 6) is 0.0838. The number of nitrogens with one attached hydrogen (secondary N) is 3. The molecule has 32 heavy (non-hydrogen) atoms. The number of thiophene rings is 1. The Morgan fingerprint density at radius 3 is 2.59 bits per heavy atom. The second-order valence-electron chi connectivity index (χ2n) is 7.65. The number of esters is 1. The van der Waals surface area contributed by atoms with E-state index in [0.29, 0.717) is 21.9 Å². The first kappa shape index (κ1) is 23.6. The maximum absolute atomic E-state index is 12.7. The molecule has 172 valence electrons. The first-order chi connectivity index (χ1) is 15.2. The first-order valence-corrected chi connectivity index (χ1v) is 11.0. The van der Waals surface area contributed by atoms with Crippen LogP contribution < -0.4 is 25.4 Å². The van der Waals surface area contributed by atoms with E-state index >= 15 is 0 Å². The van der Waals surface area contributed by atoms with E-state index in [4.69, 9.17) is 14.2 Å². The number of amides is 2. The average molecular weight is 462 g/mol. The van der Waals surface area contributed by atoms with Gasteiger partial charge in [-0.15, -0.1) is 11.3 Å². The van der Waals surface area contributed by atoms with Crippen molar-refractivity contribution in [1.82, 2.24) is 10.6 Å². The second kappa shape index (κ2) is 9.58. The number of carbonyl (C=O) groups is 3. The highest BCUT2D eigenvalue weighted by atomic mass is 32.1. The van der Waals surface area contributed by atoms with Crippen molar-refractivity contribution < 1.29 is 28.6 Å². The van der Waals surface area contributed by atoms with Gasteiger partial charge in [-0.2, -0.15) is 0 Å². The van der Waals surface area contributed by atoms with Crippen LogP contribution in [-0.4, -0.2) is 44.8 Å². The minimum atomic E-state index is -0.583. The highest BCUT2D eigenvalue weighted by Gasteiger charge is 2.28. The van der Waals surface area contributed by atoms with E-state index in [9.17, 15) is 14.4 Å². The van der Waals surface area contributed by atoms with Crippen molar-refractivity contribution in [2.45, 2.75) is 33.2 Å². The standard InChI is InChI=1S/C22H27N3O6S/c1-6-29-21(28)17-12(2)18(19(27)23-5)32-20(17)25-16(26)10-24-22(3,4)13-7-8-14-15(9-13)31-11-30-14/h7-9,24H,6,10-11H2,1-5H3,(H,23,27)(H,25,26). The molecule has 2 heterocycles. The molecule has 1 aromatic carbocycles. The molecular formula is C22H27N3O6S. The summed E-state index contributed by atoms with van der Waals surface area (Å²) in [4.78, 5) is 37.7. The largest absolute Gasteiger partial charge is 0.462 e. The van der Waals surface area contributed by atoms with E-state index in [2.05, 4.69) is 16.0 Å². The molecule has 10 heteroatoms. The molecule has 0 saturated heterocycles. The predicted molar refractivity (Wildman–Crippen MR) is 121 cm³/mol. The van der Waals surface area contributed by atoms with Crippen LogP contribution in [0.2, 0.25) is 0 Å². The molecule has 2 amide bonds. The maximum atomic E-state index is 12.7. The first-order valence-electron chi connectivity index (χ1n) is 10.2. The monoisotopic (exact) mass is 461 g/mol. The summed E-state index contributed by atoms with van der Waals surface area (Å²) in [5, 5.41) is 8.79. The minimum absolute atomic E-state index is 0.0179. The molecule has 1 aliphatic heterocycles. The lowest BCUT2D eigenvalue weighted by molar-refractivity contribution is -0.115. The van der Waals surface area contributed by atoms with E-state index in [1.807, 2.05) is 32.0 Å². The molecule has 0 aliphatic carbocycles. The number of ether oxygens (including phenoxy) is 3. The van der Waals surface area contributed by atoms with Gasteiger partial charge in [0.1, 0.15) is 5.00 Å². The molecule has 0 fully saturated rings. The number of benzene rings is 1. The number of hydrogen-bond acceptors (Lipinski definition) is 8. The predicted octanol–water partition coefficient (Wildman–Crippen LogP) is 2.78. The Hall–Kier alpha value is -3.11. The SMILES string of the molecule is CCOC(=O)c1c(NC(=O)CNC(C)(C)c2ccc3c(c2)OCO3)sc(C(=O)NC)c1C. The van der Waals surface area contributed by atoms with Crippen molar-refractivity contribution in [2.75, 3.05) is 32.3 Å². The highest BCUT2D eigenvalue weighted by Crippen LogP contribution is 2.36. The van der Waals surface area contributed by atoms with E-state index in [1.165, 1.54) is 7.05 Å². The normalized spacial score (nSPS) is 12.4. The zero-order valence-electron chi connectivity index (χ0n) is 18.7. The lowest BCUT2D eigenvalue weighted by Crippen LogP contribution is -2.41. The van der Waals surface area contributed by atoms with Crippen LogP contribution in [0.1, 0.15) is 51.9 Å². The Balaban J connectivity index is 1.74. The molecule has 9 nitrogen and oxygen atoms in total. The van der Waals surface area contributed by atoms with E-state index in [-0.39, 0.29) is 42.3 Å². The molecular weight excluding hydrogens is 434 g/mol. The third-order valence-corrected chi connectivity index (χ3v) is 6.30. The smallest absolute Gasteiger partial charge is 0.341 e. The number of fused-ring (bicyclic) bond motifs is 1. The van der Waals surface area contributed by atoms with Crippen molar-refractivity contribution in [3.63, 3.8) is 0 Å². The Morgan fingerprint density at radius 2 is 1.91 bits per heavy atom. The molecule has 0 radical (unpaired) electrons. The van der Waals surface area contributed by atoms with Crippen LogP contribution in [0.4, 0.5) is 5.00 Å². The zero-order chi connectivity index (χ0) is 23.5. The summed E-state index contributed by atoms with van der Waals surface area (Å²) in [6.07, 6.45) is 0. The summed E-state index contributed by atoms with van der Waals surface area (Å²) < 4.78 is 15.9. The lowest BCUT2D eigenvalue weighted by Gasteiger charge is -2.27. The molecule has 3 rings (SSSR count). The van der Waals surface area contributed by atoms with Gasteiger partial charge in [0.25, 0.3) is 5.91 Å². The van der Waals surface area contributed by atoms with Gasteiger partial charge in [-0.25, -0.2) is 4.79 Å². The maximum Gasteiger partial charge on any atom is 0.341 e. The third kappa shape index (κ3) is 4.86. The number of carbonyl (C=O) groups excluding carboxylic acids is 3. The van der Waals surface area contributed by atoms with Crippen molar-refractivity contribution in [2.24, 2.45) is 0 Å². The third-order valence-electron chi connectivity index (χ3n) is 5.10. The Kier molecular flexibility index (Phi) is 7.05. The summed E-state index contributed by atoms with van der Waals surface area (Å²) >= 11 is 1.04. The number of hydrogen-bond donors (Lipinski definition) is 3. The van der Waals surface area contributed by atoms with Crippen LogP contribution in [0.25, 0.3) is 0 Å². The summed E-state index contributed by atoms with van der Waals surface area (Å²) in [7, 11) is 1.51. The van der Waals surface area contributed by atoms with Crippen molar-refractivity contribution in [3.8, 4) is 11.5 Å². The van der Waals surface area contributed by atoms with E-state index in [1.54, 1.807) is 13.8 Å². The molecule has 0 bridgehead atoms. The van der Waals surface area contributed by atoms with Gasteiger partial charge < -0.3 is 24.8 Å². The quantitative estimate of drug-likeness (QED) is 0.518. The Labute approximate surface area is 190 Å². The zero-order valence-corrected chi connectivity index (χ0v) is 19.5. The fourth-order valence-electron chi connectivity index (χ4n) is 3.24. The lowest BCUT2D eigenvalue weighted by atomic mass is 9.94. The fourth-order valence-corrected chi connectivity index (χ4v) is 4.40. The Morgan fingerprint density at radius 1 is 1.19 bits per heavy atom. The molecule has 1 aromatic heterocycles. The Bertz CT molecular complexity index is 1050. The summed E-state index contributed by atoms with van der Waals surface area (Å²) in [5.41, 5.74) is 1.05. The van der Waals surface area contributed by atoms with E-state index in [0.717, 1.165) is 16.9 Å². The molecule has 0 atom stereocenters. The second-order valence-corrected chi connectivity index (χ2v) is 8.68. The molecule has 0 saturated carbocycles. The molecule has 1 aliphatic rings. The van der Waals surface area contributed by atoms with Crippen LogP contribution in [0.3, 0.4) is 0 Å². The van der Waals surface area contributed by atoms with Crippen LogP contribution in [0.5, 0.6) is 11.5 Å². The van der Waals surface area contributed by atoms with Crippen molar-refractivity contribution >= 4 is 34.1 Å². The van der Waals surface area contributed by atoms with Crippen molar-refractivity contribution in [3.05, 3.63) is 39.8 Å². The van der Waals surface area contributed by atoms with Crippen LogP contribution in [0.15, 0.2) is 18.2 Å². The van der Waals surface area contributed by atoms with Gasteiger partial charge in [-0.1, -0.05) is 6.07 Å². The van der Waals surface area contributed by atoms with Gasteiger partial charge in [0.05, 0.1) is 23.6 Å². The van der Waals surface area contributed by atoms with Gasteiger partial charge in [0, 0.05) is 12.6 Å². The highest BCUT2D eigenvalue weighted by molar-refractivity contribution is 7.18. The van der Waals surface area contributed by atoms with E-state index < -0.39 is 11.5 Å². The van der Waals surface area contributed by atoms with Crippen LogP contribution >= 0.6 is 11.3 Å². The van der Waals surface area contributed by atoms with Crippen molar-refractivity contribution in [1.29, 1.82) is 0 Å². The molecule has 3 N–H and O–H groups in total. The molecule has 0 unspecified atom stereocenters. The van der Waals surface area contributed by atoms with Gasteiger partial charge >= 0.3 is 5.97 Å². The number of anilines is 1. The minimum Gasteiger partial charge on any atom is -0.462 e. The van der Waals surface area contributed by atoms with Crippen LogP contribution in [0, 0.1) is 6.92 Å². The summed E-state index contributed by atoms with van der Waals surface area (Å²) in [6, 6.07) is 5.63. The number of rotatable bonds is 8. The molecule has 0 spiro atoms. The molecule has 2 aromatic rings. The topological polar surface area (TPSA) is 115 Å². The average Bonchev–Trinajstić information content (AvgIpc) is 3.35. The van der Waals surface area contributed by atoms with Gasteiger partial charge in [0.15, 0.2) is 11.5 Å². The van der Waals surface area contributed by atoms with Crippen LogP contribution in [-0.2, 0) is 15.1 Å².